The zero-order valence-electron chi connectivity index (χ0n) is 14.0. The number of unbranched alkanes of at least 4 members (excludes halogenated alkanes) is 1. The summed E-state index contributed by atoms with van der Waals surface area (Å²) in [4.78, 5) is 16.5. The zero-order chi connectivity index (χ0) is 16.1. The molecule has 0 amide bonds. The third-order valence-corrected chi connectivity index (χ3v) is 5.51. The maximum Gasteiger partial charge on any atom is 0.133 e. The van der Waals surface area contributed by atoms with Crippen molar-refractivity contribution in [2.75, 3.05) is 0 Å². The Morgan fingerprint density at radius 1 is 1.30 bits per heavy atom. The van der Waals surface area contributed by atoms with Gasteiger partial charge in [0.15, 0.2) is 0 Å². The van der Waals surface area contributed by atoms with Crippen molar-refractivity contribution in [3.63, 3.8) is 0 Å². The lowest BCUT2D eigenvalue weighted by molar-refractivity contribution is -0.124. The molecule has 0 unspecified atom stereocenters. The van der Waals surface area contributed by atoms with Gasteiger partial charge in [-0.3, -0.25) is 9.78 Å². The van der Waals surface area contributed by atoms with Gasteiger partial charge < -0.3 is 0 Å². The second kappa shape index (κ2) is 7.72. The van der Waals surface area contributed by atoms with Gasteiger partial charge in [0.25, 0.3) is 0 Å². The minimum atomic E-state index is 0.271. The van der Waals surface area contributed by atoms with Crippen LogP contribution in [0.5, 0.6) is 0 Å². The molecule has 1 heterocycles. The molecule has 122 valence electrons. The fourth-order valence-corrected chi connectivity index (χ4v) is 4.45. The van der Waals surface area contributed by atoms with Crippen molar-refractivity contribution < 1.29 is 4.79 Å². The highest BCUT2D eigenvalue weighted by Crippen LogP contribution is 2.46. The van der Waals surface area contributed by atoms with Crippen molar-refractivity contribution in [3.05, 3.63) is 48.3 Å². The van der Waals surface area contributed by atoms with Crippen LogP contribution in [-0.2, 0) is 4.79 Å². The molecule has 1 saturated carbocycles. The van der Waals surface area contributed by atoms with E-state index in [9.17, 15) is 4.79 Å². The molecule has 0 aliphatic heterocycles. The number of fused-ring (bicyclic) bond motifs is 1. The molecule has 1 fully saturated rings. The van der Waals surface area contributed by atoms with Crippen molar-refractivity contribution in [3.8, 4) is 0 Å². The highest BCUT2D eigenvalue weighted by Gasteiger charge is 2.40. The Morgan fingerprint density at radius 2 is 2.22 bits per heavy atom. The summed E-state index contributed by atoms with van der Waals surface area (Å²) in [7, 11) is 0. The number of nitrogens with zero attached hydrogens (tertiary/aromatic N) is 1. The third kappa shape index (κ3) is 3.99. The summed E-state index contributed by atoms with van der Waals surface area (Å²) in [5.74, 6) is 2.42. The molecule has 2 aliphatic rings. The predicted octanol–water partition coefficient (Wildman–Crippen LogP) is 5.07. The van der Waals surface area contributed by atoms with E-state index < -0.39 is 0 Å². The third-order valence-electron chi connectivity index (χ3n) is 5.51. The monoisotopic (exact) mass is 309 g/mol. The number of pyridine rings is 1. The molecule has 2 heteroatoms. The molecule has 1 aromatic heterocycles. The maximum absolute atomic E-state index is 12.2. The van der Waals surface area contributed by atoms with Crippen LogP contribution in [0.25, 0.3) is 6.08 Å². The fourth-order valence-electron chi connectivity index (χ4n) is 4.45. The van der Waals surface area contributed by atoms with Gasteiger partial charge in [-0.25, -0.2) is 0 Å². The standard InChI is InChI=1S/C21H27NO/c1-16(23)21-18(14-13-17-9-7-12-20(17)21)8-3-2-4-10-19-11-5-6-15-22-19/h4-6,10-11,13-15,17-18,20-21H,2-3,7-9,12H2,1H3/b10-4+/t17-,18+,20+,21+/m0/s1. The van der Waals surface area contributed by atoms with E-state index in [2.05, 4.69) is 29.3 Å². The molecular weight excluding hydrogens is 282 g/mol. The van der Waals surface area contributed by atoms with Gasteiger partial charge in [0.1, 0.15) is 5.78 Å². The molecule has 0 spiro atoms. The van der Waals surface area contributed by atoms with Gasteiger partial charge in [0.2, 0.25) is 0 Å². The van der Waals surface area contributed by atoms with E-state index in [4.69, 9.17) is 0 Å². The van der Waals surface area contributed by atoms with Gasteiger partial charge in [-0.15, -0.1) is 0 Å². The maximum atomic E-state index is 12.2. The van der Waals surface area contributed by atoms with Gasteiger partial charge in [0, 0.05) is 12.1 Å². The number of carbonyl (C=O) groups excluding carboxylic acids is 1. The summed E-state index contributed by atoms with van der Waals surface area (Å²) >= 11 is 0. The van der Waals surface area contributed by atoms with Crippen LogP contribution in [0, 0.1) is 23.7 Å². The van der Waals surface area contributed by atoms with Crippen molar-refractivity contribution in [1.29, 1.82) is 0 Å². The first kappa shape index (κ1) is 16.2. The van der Waals surface area contributed by atoms with E-state index in [-0.39, 0.29) is 5.92 Å². The molecule has 3 rings (SSSR count). The highest BCUT2D eigenvalue weighted by molar-refractivity contribution is 5.79. The number of allylic oxidation sites excluding steroid dienone is 3. The lowest BCUT2D eigenvalue weighted by Gasteiger charge is -2.35. The Morgan fingerprint density at radius 3 is 3.00 bits per heavy atom. The quantitative estimate of drug-likeness (QED) is 0.542. The minimum Gasteiger partial charge on any atom is -0.300 e. The fraction of sp³-hybridized carbons (Fsp3) is 0.524. The van der Waals surface area contributed by atoms with Crippen LogP contribution < -0.4 is 0 Å². The summed E-state index contributed by atoms with van der Waals surface area (Å²) in [5, 5.41) is 0. The number of Topliss-reactive ketones (excluding diaryl/α,β-unsaturated/α-hetero) is 1. The van der Waals surface area contributed by atoms with Crippen LogP contribution in [-0.4, -0.2) is 10.8 Å². The molecule has 0 radical (unpaired) electrons. The summed E-state index contributed by atoms with van der Waals surface area (Å²) in [5.41, 5.74) is 1.01. The van der Waals surface area contributed by atoms with Gasteiger partial charge in [-0.2, -0.15) is 0 Å². The lowest BCUT2D eigenvalue weighted by atomic mass is 9.69. The molecule has 0 aromatic carbocycles. The first-order valence-electron chi connectivity index (χ1n) is 9.02. The molecule has 2 aliphatic carbocycles. The number of aromatic nitrogens is 1. The number of ketones is 1. The van der Waals surface area contributed by atoms with Gasteiger partial charge in [-0.05, 0) is 75.0 Å². The smallest absolute Gasteiger partial charge is 0.133 e. The lowest BCUT2D eigenvalue weighted by Crippen LogP contribution is -2.33. The van der Waals surface area contributed by atoms with Crippen LogP contribution in [0.2, 0.25) is 0 Å². The second-order valence-corrected chi connectivity index (χ2v) is 7.03. The Hall–Kier alpha value is -1.70. The van der Waals surface area contributed by atoms with Crippen LogP contribution in [0.1, 0.15) is 51.1 Å². The summed E-state index contributed by atoms with van der Waals surface area (Å²) < 4.78 is 0. The molecule has 23 heavy (non-hydrogen) atoms. The molecule has 2 nitrogen and oxygen atoms in total. The van der Waals surface area contributed by atoms with E-state index in [0.29, 0.717) is 23.5 Å². The first-order valence-corrected chi connectivity index (χ1v) is 9.02. The Bertz CT molecular complexity index is 575. The van der Waals surface area contributed by atoms with Gasteiger partial charge >= 0.3 is 0 Å². The van der Waals surface area contributed by atoms with Crippen LogP contribution >= 0.6 is 0 Å². The molecule has 0 bridgehead atoms. The van der Waals surface area contributed by atoms with Crippen molar-refractivity contribution >= 4 is 11.9 Å². The second-order valence-electron chi connectivity index (χ2n) is 7.03. The van der Waals surface area contributed by atoms with E-state index >= 15 is 0 Å². The van der Waals surface area contributed by atoms with Crippen molar-refractivity contribution in [1.82, 2.24) is 4.98 Å². The minimum absolute atomic E-state index is 0.271. The summed E-state index contributed by atoms with van der Waals surface area (Å²) in [6, 6.07) is 5.96. The molecule has 0 N–H and O–H groups in total. The number of hydrogen-bond donors (Lipinski definition) is 0. The van der Waals surface area contributed by atoms with Gasteiger partial charge in [-0.1, -0.05) is 30.7 Å². The molecular formula is C21H27NO. The summed E-state index contributed by atoms with van der Waals surface area (Å²) in [6.07, 6.45) is 18.0. The van der Waals surface area contributed by atoms with Gasteiger partial charge in [0.05, 0.1) is 5.69 Å². The van der Waals surface area contributed by atoms with E-state index in [1.165, 1.54) is 19.3 Å². The molecule has 0 saturated heterocycles. The Kier molecular flexibility index (Phi) is 5.43. The van der Waals surface area contributed by atoms with Crippen LogP contribution in [0.3, 0.4) is 0 Å². The highest BCUT2D eigenvalue weighted by atomic mass is 16.1. The number of carbonyl (C=O) groups is 1. The number of rotatable bonds is 6. The average Bonchev–Trinajstić information content (AvgIpc) is 3.03. The van der Waals surface area contributed by atoms with Crippen LogP contribution in [0.15, 0.2) is 42.6 Å². The van der Waals surface area contributed by atoms with Crippen molar-refractivity contribution in [2.45, 2.75) is 45.4 Å². The van der Waals surface area contributed by atoms with Crippen molar-refractivity contribution in [2.24, 2.45) is 23.7 Å². The van der Waals surface area contributed by atoms with E-state index in [1.54, 1.807) is 6.92 Å². The number of hydrogen-bond acceptors (Lipinski definition) is 2. The average molecular weight is 309 g/mol. The van der Waals surface area contributed by atoms with Crippen LogP contribution in [0.4, 0.5) is 0 Å². The largest absolute Gasteiger partial charge is 0.300 e. The Balaban J connectivity index is 1.52. The summed E-state index contributed by atoms with van der Waals surface area (Å²) in [6.45, 7) is 1.80. The molecule has 1 aromatic rings. The predicted molar refractivity (Wildman–Crippen MR) is 94.8 cm³/mol. The normalized spacial score (nSPS) is 29.8. The first-order chi connectivity index (χ1) is 11.3. The zero-order valence-corrected chi connectivity index (χ0v) is 14.0. The topological polar surface area (TPSA) is 30.0 Å². The van der Waals surface area contributed by atoms with E-state index in [0.717, 1.165) is 25.0 Å². The SMILES string of the molecule is CC(=O)[C@H]1[C@@H]2CCC[C@H]2C=C[C@H]1CCC/C=C/c1ccccn1. The molecule has 4 atom stereocenters. The Labute approximate surface area is 139 Å². The van der Waals surface area contributed by atoms with E-state index in [1.807, 2.05) is 24.4 Å².